The van der Waals surface area contributed by atoms with Crippen molar-refractivity contribution < 1.29 is 8.81 Å². The lowest BCUT2D eigenvalue weighted by Crippen LogP contribution is -2.35. The molecule has 0 aliphatic carbocycles. The summed E-state index contributed by atoms with van der Waals surface area (Å²) in [6, 6.07) is 6.33. The van der Waals surface area contributed by atoms with Gasteiger partial charge in [-0.25, -0.2) is 9.37 Å². The second-order valence-corrected chi connectivity index (χ2v) is 5.24. The highest BCUT2D eigenvalue weighted by Gasteiger charge is 2.14. The minimum Gasteiger partial charge on any atom is -0.443 e. The van der Waals surface area contributed by atoms with E-state index in [1.165, 1.54) is 18.5 Å². The third kappa shape index (κ3) is 3.17. The fourth-order valence-electron chi connectivity index (χ4n) is 1.61. The first kappa shape index (κ1) is 12.8. The van der Waals surface area contributed by atoms with Crippen LogP contribution in [-0.4, -0.2) is 10.5 Å². The Balaban J connectivity index is 2.23. The Hall–Kier alpha value is -1.68. The molecule has 0 aliphatic rings. The Bertz CT molecular complexity index is 529. The van der Waals surface area contributed by atoms with Crippen molar-refractivity contribution in [3.05, 3.63) is 42.2 Å². The van der Waals surface area contributed by atoms with Crippen LogP contribution in [0, 0.1) is 5.82 Å². The van der Waals surface area contributed by atoms with Gasteiger partial charge in [0, 0.05) is 17.6 Å². The third-order valence-electron chi connectivity index (χ3n) is 2.51. The number of hydrogen-bond donors (Lipinski definition) is 1. The molecule has 0 fully saturated rings. The molecular weight excluding hydrogens is 231 g/mol. The fourth-order valence-corrected chi connectivity index (χ4v) is 1.61. The van der Waals surface area contributed by atoms with Crippen LogP contribution in [0.1, 0.15) is 26.5 Å². The molecule has 2 aromatic rings. The summed E-state index contributed by atoms with van der Waals surface area (Å²) < 4.78 is 18.5. The smallest absolute Gasteiger partial charge is 0.181 e. The molecule has 1 N–H and O–H groups in total. The average Bonchev–Trinajstić information content (AvgIpc) is 2.73. The summed E-state index contributed by atoms with van der Waals surface area (Å²) in [7, 11) is 0. The molecule has 0 atom stereocenters. The number of benzene rings is 1. The molecule has 0 unspecified atom stereocenters. The van der Waals surface area contributed by atoms with E-state index in [4.69, 9.17) is 4.42 Å². The standard InChI is InChI=1S/C14H17FN2O/c1-14(2,3)17-8-12-13(18-9-16-12)10-5-4-6-11(15)7-10/h4-7,9,17H,8H2,1-3H3. The SMILES string of the molecule is CC(C)(C)NCc1ncoc1-c1cccc(F)c1. The van der Waals surface area contributed by atoms with Crippen LogP contribution in [-0.2, 0) is 6.54 Å². The highest BCUT2D eigenvalue weighted by atomic mass is 19.1. The van der Waals surface area contributed by atoms with Gasteiger partial charge in [-0.3, -0.25) is 0 Å². The lowest BCUT2D eigenvalue weighted by molar-refractivity contribution is 0.421. The second kappa shape index (κ2) is 4.90. The average molecular weight is 248 g/mol. The van der Waals surface area contributed by atoms with Crippen molar-refractivity contribution in [3.63, 3.8) is 0 Å². The molecule has 0 saturated carbocycles. The minimum atomic E-state index is -0.279. The van der Waals surface area contributed by atoms with Gasteiger partial charge in [-0.2, -0.15) is 0 Å². The van der Waals surface area contributed by atoms with Crippen LogP contribution < -0.4 is 5.32 Å². The Morgan fingerprint density at radius 1 is 1.33 bits per heavy atom. The summed E-state index contributed by atoms with van der Waals surface area (Å²) in [6.45, 7) is 6.82. The molecule has 0 amide bonds. The van der Waals surface area contributed by atoms with Crippen molar-refractivity contribution in [3.8, 4) is 11.3 Å². The highest BCUT2D eigenvalue weighted by molar-refractivity contribution is 5.59. The number of oxazole rings is 1. The summed E-state index contributed by atoms with van der Waals surface area (Å²) in [6.07, 6.45) is 1.39. The van der Waals surface area contributed by atoms with E-state index in [9.17, 15) is 4.39 Å². The van der Waals surface area contributed by atoms with Crippen LogP contribution >= 0.6 is 0 Å². The molecule has 0 spiro atoms. The first-order valence-electron chi connectivity index (χ1n) is 5.89. The molecule has 96 valence electrons. The molecule has 0 saturated heterocycles. The monoisotopic (exact) mass is 248 g/mol. The van der Waals surface area contributed by atoms with Crippen LogP contribution in [0.5, 0.6) is 0 Å². The normalized spacial score (nSPS) is 11.8. The summed E-state index contributed by atoms with van der Waals surface area (Å²) in [5, 5.41) is 3.33. The lowest BCUT2D eigenvalue weighted by atomic mass is 10.1. The molecule has 3 nitrogen and oxygen atoms in total. The maximum atomic E-state index is 13.2. The van der Waals surface area contributed by atoms with E-state index >= 15 is 0 Å². The molecule has 0 radical (unpaired) electrons. The molecular formula is C14H17FN2O. The van der Waals surface area contributed by atoms with Crippen molar-refractivity contribution in [2.45, 2.75) is 32.9 Å². The van der Waals surface area contributed by atoms with Crippen molar-refractivity contribution in [2.75, 3.05) is 0 Å². The quantitative estimate of drug-likeness (QED) is 0.905. The van der Waals surface area contributed by atoms with Gasteiger partial charge in [-0.05, 0) is 32.9 Å². The fraction of sp³-hybridized carbons (Fsp3) is 0.357. The van der Waals surface area contributed by atoms with Crippen LogP contribution in [0.4, 0.5) is 4.39 Å². The van der Waals surface area contributed by atoms with Crippen LogP contribution in [0.2, 0.25) is 0 Å². The van der Waals surface area contributed by atoms with Gasteiger partial charge in [0.1, 0.15) is 11.5 Å². The van der Waals surface area contributed by atoms with E-state index in [-0.39, 0.29) is 11.4 Å². The summed E-state index contributed by atoms with van der Waals surface area (Å²) in [5.41, 5.74) is 1.49. The molecule has 0 bridgehead atoms. The van der Waals surface area contributed by atoms with Crippen molar-refractivity contribution in [1.29, 1.82) is 0 Å². The van der Waals surface area contributed by atoms with Gasteiger partial charge in [0.25, 0.3) is 0 Å². The van der Waals surface area contributed by atoms with Gasteiger partial charge in [-0.15, -0.1) is 0 Å². The first-order chi connectivity index (χ1) is 8.46. The largest absolute Gasteiger partial charge is 0.443 e. The van der Waals surface area contributed by atoms with Crippen LogP contribution in [0.3, 0.4) is 0 Å². The lowest BCUT2D eigenvalue weighted by Gasteiger charge is -2.19. The van der Waals surface area contributed by atoms with Gasteiger partial charge >= 0.3 is 0 Å². The second-order valence-electron chi connectivity index (χ2n) is 5.24. The molecule has 0 aliphatic heterocycles. The molecule has 1 heterocycles. The zero-order valence-corrected chi connectivity index (χ0v) is 10.8. The van der Waals surface area contributed by atoms with Crippen molar-refractivity contribution in [2.24, 2.45) is 0 Å². The Morgan fingerprint density at radius 3 is 2.78 bits per heavy atom. The number of nitrogens with zero attached hydrogens (tertiary/aromatic N) is 1. The maximum absolute atomic E-state index is 13.2. The van der Waals surface area contributed by atoms with E-state index in [0.717, 1.165) is 5.69 Å². The molecule has 2 rings (SSSR count). The van der Waals surface area contributed by atoms with E-state index < -0.39 is 0 Å². The van der Waals surface area contributed by atoms with Crippen molar-refractivity contribution in [1.82, 2.24) is 10.3 Å². The topological polar surface area (TPSA) is 38.1 Å². The predicted molar refractivity (Wildman–Crippen MR) is 68.5 cm³/mol. The van der Waals surface area contributed by atoms with Gasteiger partial charge in [0.05, 0.1) is 0 Å². The van der Waals surface area contributed by atoms with Crippen molar-refractivity contribution >= 4 is 0 Å². The summed E-state index contributed by atoms with van der Waals surface area (Å²) in [5.74, 6) is 0.338. The maximum Gasteiger partial charge on any atom is 0.181 e. The first-order valence-corrected chi connectivity index (χ1v) is 5.89. The molecule has 1 aromatic carbocycles. The van der Waals surface area contributed by atoms with E-state index in [0.29, 0.717) is 17.9 Å². The predicted octanol–water partition coefficient (Wildman–Crippen LogP) is 3.37. The van der Waals surface area contributed by atoms with Gasteiger partial charge < -0.3 is 9.73 Å². The molecule has 4 heteroatoms. The Kier molecular flexibility index (Phi) is 3.48. The summed E-state index contributed by atoms with van der Waals surface area (Å²) in [4.78, 5) is 4.17. The number of nitrogens with one attached hydrogen (secondary N) is 1. The van der Waals surface area contributed by atoms with E-state index in [2.05, 4.69) is 31.1 Å². The summed E-state index contributed by atoms with van der Waals surface area (Å²) >= 11 is 0. The Labute approximate surface area is 106 Å². The van der Waals surface area contributed by atoms with Crippen LogP contribution in [0.15, 0.2) is 35.1 Å². The van der Waals surface area contributed by atoms with E-state index in [1.54, 1.807) is 6.07 Å². The number of halogens is 1. The number of aromatic nitrogens is 1. The van der Waals surface area contributed by atoms with Crippen LogP contribution in [0.25, 0.3) is 11.3 Å². The Morgan fingerprint density at radius 2 is 2.11 bits per heavy atom. The number of hydrogen-bond acceptors (Lipinski definition) is 3. The van der Waals surface area contributed by atoms with E-state index in [1.807, 2.05) is 6.07 Å². The number of rotatable bonds is 3. The zero-order valence-electron chi connectivity index (χ0n) is 10.8. The van der Waals surface area contributed by atoms with Gasteiger partial charge in [-0.1, -0.05) is 12.1 Å². The van der Waals surface area contributed by atoms with Gasteiger partial charge in [0.2, 0.25) is 0 Å². The molecule has 1 aromatic heterocycles. The van der Waals surface area contributed by atoms with Gasteiger partial charge in [0.15, 0.2) is 12.2 Å². The molecule has 18 heavy (non-hydrogen) atoms. The zero-order chi connectivity index (χ0) is 13.2. The third-order valence-corrected chi connectivity index (χ3v) is 2.51. The minimum absolute atomic E-state index is 0.00183. The highest BCUT2D eigenvalue weighted by Crippen LogP contribution is 2.23.